The zero-order chi connectivity index (χ0) is 18.5. The van der Waals surface area contributed by atoms with Gasteiger partial charge < -0.3 is 10.1 Å². The van der Waals surface area contributed by atoms with Crippen LogP contribution >= 0.6 is 11.8 Å². The molecule has 1 fully saturated rings. The van der Waals surface area contributed by atoms with Gasteiger partial charge in [-0.1, -0.05) is 6.07 Å². The third-order valence-electron chi connectivity index (χ3n) is 4.34. The number of amides is 1. The van der Waals surface area contributed by atoms with Gasteiger partial charge in [-0.3, -0.25) is 14.9 Å². The largest absolute Gasteiger partial charge is 0.490 e. The molecular formula is C19H20N2O4S. The summed E-state index contributed by atoms with van der Waals surface area (Å²) in [7, 11) is 0. The SMILES string of the molecule is CSc1ccc([N+](=O)[O-])c(C(=O)Nc2cccc(OC3CCCC3)c2)c1. The Kier molecular flexibility index (Phi) is 5.78. The first kappa shape index (κ1) is 18.3. The average molecular weight is 372 g/mol. The predicted molar refractivity (Wildman–Crippen MR) is 102 cm³/mol. The summed E-state index contributed by atoms with van der Waals surface area (Å²) in [4.78, 5) is 24.1. The Morgan fingerprint density at radius 2 is 2.00 bits per heavy atom. The number of anilines is 1. The molecule has 7 heteroatoms. The van der Waals surface area contributed by atoms with E-state index >= 15 is 0 Å². The van der Waals surface area contributed by atoms with Crippen molar-refractivity contribution in [3.63, 3.8) is 0 Å². The number of benzene rings is 2. The van der Waals surface area contributed by atoms with Crippen LogP contribution in [0.3, 0.4) is 0 Å². The zero-order valence-corrected chi connectivity index (χ0v) is 15.3. The van der Waals surface area contributed by atoms with E-state index < -0.39 is 10.8 Å². The highest BCUT2D eigenvalue weighted by atomic mass is 32.2. The third-order valence-corrected chi connectivity index (χ3v) is 5.07. The Bertz CT molecular complexity index is 819. The van der Waals surface area contributed by atoms with Gasteiger partial charge >= 0.3 is 0 Å². The number of hydrogen-bond acceptors (Lipinski definition) is 5. The highest BCUT2D eigenvalue weighted by Crippen LogP contribution is 2.28. The van der Waals surface area contributed by atoms with Crippen molar-refractivity contribution in [3.05, 3.63) is 58.1 Å². The van der Waals surface area contributed by atoms with E-state index in [1.807, 2.05) is 12.3 Å². The fourth-order valence-electron chi connectivity index (χ4n) is 3.03. The molecule has 1 saturated carbocycles. The van der Waals surface area contributed by atoms with Crippen LogP contribution in [0, 0.1) is 10.1 Å². The van der Waals surface area contributed by atoms with E-state index in [9.17, 15) is 14.9 Å². The van der Waals surface area contributed by atoms with Crippen molar-refractivity contribution in [1.29, 1.82) is 0 Å². The molecule has 0 heterocycles. The van der Waals surface area contributed by atoms with Gasteiger partial charge in [-0.25, -0.2) is 0 Å². The molecule has 1 amide bonds. The Balaban J connectivity index is 1.78. The molecule has 6 nitrogen and oxygen atoms in total. The van der Waals surface area contributed by atoms with Gasteiger partial charge in [-0.2, -0.15) is 0 Å². The topological polar surface area (TPSA) is 81.5 Å². The van der Waals surface area contributed by atoms with Crippen LogP contribution in [0.25, 0.3) is 0 Å². The summed E-state index contributed by atoms with van der Waals surface area (Å²) in [6, 6.07) is 11.7. The normalized spacial score (nSPS) is 14.2. The van der Waals surface area contributed by atoms with E-state index in [-0.39, 0.29) is 17.4 Å². The van der Waals surface area contributed by atoms with E-state index in [4.69, 9.17) is 4.74 Å². The molecule has 0 unspecified atom stereocenters. The molecule has 0 bridgehead atoms. The Morgan fingerprint density at radius 1 is 1.23 bits per heavy atom. The number of ether oxygens (including phenoxy) is 1. The molecule has 2 aromatic rings. The van der Waals surface area contributed by atoms with Crippen LogP contribution in [0.1, 0.15) is 36.0 Å². The molecule has 0 radical (unpaired) electrons. The minimum Gasteiger partial charge on any atom is -0.490 e. The lowest BCUT2D eigenvalue weighted by molar-refractivity contribution is -0.385. The molecule has 1 aliphatic carbocycles. The van der Waals surface area contributed by atoms with Crippen LogP contribution in [-0.2, 0) is 0 Å². The summed E-state index contributed by atoms with van der Waals surface area (Å²) in [6.45, 7) is 0. The van der Waals surface area contributed by atoms with Crippen molar-refractivity contribution in [1.82, 2.24) is 0 Å². The number of nitrogens with one attached hydrogen (secondary N) is 1. The summed E-state index contributed by atoms with van der Waals surface area (Å²) in [6.07, 6.45) is 6.52. The van der Waals surface area contributed by atoms with Crippen LogP contribution in [0.2, 0.25) is 0 Å². The molecular weight excluding hydrogens is 352 g/mol. The lowest BCUT2D eigenvalue weighted by Crippen LogP contribution is -2.15. The first-order chi connectivity index (χ1) is 12.6. The van der Waals surface area contributed by atoms with Gasteiger partial charge in [0.25, 0.3) is 11.6 Å². The summed E-state index contributed by atoms with van der Waals surface area (Å²) < 4.78 is 5.94. The van der Waals surface area contributed by atoms with E-state index in [0.29, 0.717) is 11.4 Å². The minimum absolute atomic E-state index is 0.0453. The number of nitro benzene ring substituents is 1. The highest BCUT2D eigenvalue weighted by Gasteiger charge is 2.21. The second kappa shape index (κ2) is 8.23. The molecule has 0 spiro atoms. The highest BCUT2D eigenvalue weighted by molar-refractivity contribution is 7.98. The third kappa shape index (κ3) is 4.35. The van der Waals surface area contributed by atoms with Crippen molar-refractivity contribution in [2.24, 2.45) is 0 Å². The average Bonchev–Trinajstić information content (AvgIpc) is 3.14. The number of rotatable bonds is 6. The van der Waals surface area contributed by atoms with Gasteiger partial charge in [0.1, 0.15) is 11.3 Å². The van der Waals surface area contributed by atoms with Gasteiger partial charge in [0.05, 0.1) is 11.0 Å². The smallest absolute Gasteiger partial charge is 0.282 e. The molecule has 0 aliphatic heterocycles. The van der Waals surface area contributed by atoms with Gasteiger partial charge in [-0.15, -0.1) is 11.8 Å². The van der Waals surface area contributed by atoms with E-state index in [1.54, 1.807) is 24.3 Å². The summed E-state index contributed by atoms with van der Waals surface area (Å²) in [5.74, 6) is 0.188. The maximum atomic E-state index is 12.6. The maximum absolute atomic E-state index is 12.6. The van der Waals surface area contributed by atoms with E-state index in [0.717, 1.165) is 17.7 Å². The van der Waals surface area contributed by atoms with E-state index in [1.165, 1.54) is 36.7 Å². The molecule has 3 rings (SSSR count). The van der Waals surface area contributed by atoms with Crippen LogP contribution in [-0.4, -0.2) is 23.2 Å². The number of thioether (sulfide) groups is 1. The minimum atomic E-state index is -0.543. The molecule has 0 aromatic heterocycles. The molecule has 136 valence electrons. The van der Waals surface area contributed by atoms with Crippen molar-refractivity contribution in [2.45, 2.75) is 36.7 Å². The Morgan fingerprint density at radius 3 is 2.69 bits per heavy atom. The molecule has 26 heavy (non-hydrogen) atoms. The van der Waals surface area contributed by atoms with Crippen molar-refractivity contribution in [3.8, 4) is 5.75 Å². The molecule has 1 N–H and O–H groups in total. The summed E-state index contributed by atoms with van der Waals surface area (Å²) in [5, 5.41) is 14.0. The number of nitrogens with zero attached hydrogens (tertiary/aromatic N) is 1. The molecule has 1 aliphatic rings. The molecule has 0 saturated heterocycles. The first-order valence-corrected chi connectivity index (χ1v) is 9.70. The van der Waals surface area contributed by atoms with Gasteiger partial charge in [0.15, 0.2) is 0 Å². The van der Waals surface area contributed by atoms with E-state index in [2.05, 4.69) is 5.32 Å². The summed E-state index contributed by atoms with van der Waals surface area (Å²) >= 11 is 1.42. The summed E-state index contributed by atoms with van der Waals surface area (Å²) in [5.41, 5.74) is 0.386. The Labute approximate surface area is 156 Å². The monoisotopic (exact) mass is 372 g/mol. The van der Waals surface area contributed by atoms with Crippen LogP contribution < -0.4 is 10.1 Å². The van der Waals surface area contributed by atoms with Crippen LogP contribution in [0.15, 0.2) is 47.4 Å². The Hall–Kier alpha value is -2.54. The second-order valence-electron chi connectivity index (χ2n) is 6.15. The van der Waals surface area contributed by atoms with Gasteiger partial charge in [0, 0.05) is 22.7 Å². The van der Waals surface area contributed by atoms with Crippen molar-refractivity contribution >= 4 is 29.0 Å². The lowest BCUT2D eigenvalue weighted by atomic mass is 10.1. The van der Waals surface area contributed by atoms with Gasteiger partial charge in [0.2, 0.25) is 0 Å². The number of carbonyl (C=O) groups excluding carboxylic acids is 1. The standard InChI is InChI=1S/C19H20N2O4S/c1-26-16-9-10-18(21(23)24)17(12-16)19(22)20-13-5-4-8-15(11-13)25-14-6-2-3-7-14/h4-5,8-12,14H,2-3,6-7H2,1H3,(H,20,22). The predicted octanol–water partition coefficient (Wildman–Crippen LogP) is 4.89. The molecule has 2 aromatic carbocycles. The number of carbonyl (C=O) groups is 1. The lowest BCUT2D eigenvalue weighted by Gasteiger charge is -2.14. The fourth-order valence-corrected chi connectivity index (χ4v) is 3.47. The van der Waals surface area contributed by atoms with Gasteiger partial charge in [-0.05, 0) is 56.2 Å². The van der Waals surface area contributed by atoms with Crippen molar-refractivity contribution < 1.29 is 14.5 Å². The maximum Gasteiger partial charge on any atom is 0.282 e. The van der Waals surface area contributed by atoms with Crippen LogP contribution in [0.4, 0.5) is 11.4 Å². The molecule has 0 atom stereocenters. The van der Waals surface area contributed by atoms with Crippen molar-refractivity contribution in [2.75, 3.05) is 11.6 Å². The quantitative estimate of drug-likeness (QED) is 0.443. The number of nitro groups is 1. The van der Waals surface area contributed by atoms with Crippen LogP contribution in [0.5, 0.6) is 5.75 Å². The fraction of sp³-hybridized carbons (Fsp3) is 0.316. The zero-order valence-electron chi connectivity index (χ0n) is 14.4. The first-order valence-electron chi connectivity index (χ1n) is 8.47. The number of hydrogen-bond donors (Lipinski definition) is 1. The second-order valence-corrected chi connectivity index (χ2v) is 7.03.